The summed E-state index contributed by atoms with van der Waals surface area (Å²) in [4.78, 5) is 11.2. The van der Waals surface area contributed by atoms with E-state index in [-0.39, 0.29) is 34.5 Å². The molecule has 0 atom stereocenters. The number of amides is 1. The zero-order valence-electron chi connectivity index (χ0n) is 12.6. The van der Waals surface area contributed by atoms with E-state index in [2.05, 4.69) is 15.2 Å². The average Bonchev–Trinajstić information content (AvgIpc) is 2.86. The summed E-state index contributed by atoms with van der Waals surface area (Å²) in [7, 11) is 2.81. The Morgan fingerprint density at radius 3 is 2.75 bits per heavy atom. The molecule has 0 bridgehead atoms. The van der Waals surface area contributed by atoms with Gasteiger partial charge in [-0.25, -0.2) is 9.07 Å². The van der Waals surface area contributed by atoms with E-state index in [9.17, 15) is 18.0 Å². The van der Waals surface area contributed by atoms with Crippen molar-refractivity contribution in [2.45, 2.75) is 6.61 Å². The molecule has 1 N–H and O–H groups in total. The molecule has 0 fully saturated rings. The largest absolute Gasteiger partial charge is 0.482 e. The number of aromatic nitrogens is 2. The van der Waals surface area contributed by atoms with Crippen LogP contribution in [0.2, 0.25) is 5.02 Å². The highest BCUT2D eigenvalue weighted by atomic mass is 35.5. The zero-order chi connectivity index (χ0) is 17.9. The minimum atomic E-state index is -3.03. The van der Waals surface area contributed by atoms with Gasteiger partial charge in [0.15, 0.2) is 6.61 Å². The predicted molar refractivity (Wildman–Crippen MR) is 79.8 cm³/mol. The second-order valence-electron chi connectivity index (χ2n) is 4.59. The number of alkyl halides is 2. The maximum absolute atomic E-state index is 14.1. The van der Waals surface area contributed by atoms with Gasteiger partial charge in [-0.2, -0.15) is 13.9 Å². The molecule has 24 heavy (non-hydrogen) atoms. The fourth-order valence-electron chi connectivity index (χ4n) is 1.83. The van der Waals surface area contributed by atoms with Gasteiger partial charge < -0.3 is 14.8 Å². The molecule has 10 heteroatoms. The van der Waals surface area contributed by atoms with Gasteiger partial charge in [-0.1, -0.05) is 11.6 Å². The van der Waals surface area contributed by atoms with Crippen molar-refractivity contribution in [2.75, 3.05) is 13.7 Å². The molecule has 0 spiro atoms. The van der Waals surface area contributed by atoms with Crippen LogP contribution in [-0.2, 0) is 11.8 Å². The Hall–Kier alpha value is -2.42. The van der Waals surface area contributed by atoms with Gasteiger partial charge in [0.2, 0.25) is 5.88 Å². The van der Waals surface area contributed by atoms with Crippen molar-refractivity contribution in [3.63, 3.8) is 0 Å². The van der Waals surface area contributed by atoms with E-state index in [4.69, 9.17) is 16.3 Å². The highest BCUT2D eigenvalue weighted by Gasteiger charge is 2.18. The van der Waals surface area contributed by atoms with Crippen molar-refractivity contribution in [1.29, 1.82) is 0 Å². The van der Waals surface area contributed by atoms with Crippen LogP contribution in [0, 0.1) is 5.82 Å². The van der Waals surface area contributed by atoms with Gasteiger partial charge in [0.05, 0.1) is 10.7 Å². The van der Waals surface area contributed by atoms with Gasteiger partial charge in [-0.15, -0.1) is 0 Å². The lowest BCUT2D eigenvalue weighted by molar-refractivity contribution is -0.122. The maximum atomic E-state index is 14.1. The summed E-state index contributed by atoms with van der Waals surface area (Å²) in [5.74, 6) is -1.31. The minimum absolute atomic E-state index is 0.0361. The van der Waals surface area contributed by atoms with Gasteiger partial charge >= 0.3 is 6.61 Å². The molecule has 0 saturated carbocycles. The fourth-order valence-corrected chi connectivity index (χ4v) is 2.04. The molecule has 0 aliphatic carbocycles. The average molecular weight is 364 g/mol. The highest BCUT2D eigenvalue weighted by Crippen LogP contribution is 2.34. The summed E-state index contributed by atoms with van der Waals surface area (Å²) < 4.78 is 49.3. The Morgan fingerprint density at radius 1 is 1.42 bits per heavy atom. The first kappa shape index (κ1) is 17.9. The van der Waals surface area contributed by atoms with Gasteiger partial charge in [-0.05, 0) is 12.1 Å². The molecule has 0 radical (unpaired) electrons. The number of halogens is 4. The third kappa shape index (κ3) is 4.10. The number of likely N-dealkylation sites (N-methyl/N-ethyl adjacent to an activating group) is 1. The van der Waals surface area contributed by atoms with E-state index in [1.54, 1.807) is 0 Å². The lowest BCUT2D eigenvalue weighted by atomic mass is 10.1. The van der Waals surface area contributed by atoms with Crippen LogP contribution in [0.1, 0.15) is 0 Å². The minimum Gasteiger partial charge on any atom is -0.482 e. The van der Waals surface area contributed by atoms with Crippen LogP contribution >= 0.6 is 11.6 Å². The summed E-state index contributed by atoms with van der Waals surface area (Å²) in [5, 5.41) is 6.23. The van der Waals surface area contributed by atoms with Crippen molar-refractivity contribution in [1.82, 2.24) is 15.1 Å². The second-order valence-corrected chi connectivity index (χ2v) is 5.00. The normalized spacial score (nSPS) is 10.8. The second kappa shape index (κ2) is 7.43. The van der Waals surface area contributed by atoms with Crippen LogP contribution in [0.15, 0.2) is 18.2 Å². The van der Waals surface area contributed by atoms with Crippen molar-refractivity contribution in [2.24, 2.45) is 7.05 Å². The molecule has 1 aromatic heterocycles. The highest BCUT2D eigenvalue weighted by molar-refractivity contribution is 6.32. The quantitative estimate of drug-likeness (QED) is 0.856. The van der Waals surface area contributed by atoms with Crippen LogP contribution in [0.4, 0.5) is 13.2 Å². The molecule has 0 saturated heterocycles. The van der Waals surface area contributed by atoms with E-state index in [1.165, 1.54) is 20.2 Å². The van der Waals surface area contributed by atoms with Crippen molar-refractivity contribution >= 4 is 17.5 Å². The molecule has 0 aliphatic rings. The molecule has 2 rings (SSSR count). The number of nitrogens with one attached hydrogen (secondary N) is 1. The monoisotopic (exact) mass is 363 g/mol. The van der Waals surface area contributed by atoms with E-state index in [1.807, 2.05) is 0 Å². The molecule has 6 nitrogen and oxygen atoms in total. The standard InChI is InChI=1S/C14H13ClF3N3O3/c1-19-12(22)6-23-11-3-7(9(16)4-8(11)15)10-5-13(21(2)20-10)24-14(17)18/h3-5,14H,6H2,1-2H3,(H,19,22). The summed E-state index contributed by atoms with van der Waals surface area (Å²) >= 11 is 5.87. The Morgan fingerprint density at radius 2 is 2.12 bits per heavy atom. The molecular weight excluding hydrogens is 351 g/mol. The summed E-state index contributed by atoms with van der Waals surface area (Å²) in [5.41, 5.74) is 0.0122. The molecule has 0 unspecified atom stereocenters. The van der Waals surface area contributed by atoms with E-state index in [0.717, 1.165) is 16.8 Å². The number of hydrogen-bond donors (Lipinski definition) is 1. The van der Waals surface area contributed by atoms with Gasteiger partial charge in [-0.3, -0.25) is 4.79 Å². The number of carbonyl (C=O) groups excluding carboxylic acids is 1. The molecule has 2 aromatic rings. The fraction of sp³-hybridized carbons (Fsp3) is 0.286. The number of nitrogens with zero attached hydrogens (tertiary/aromatic N) is 2. The summed E-state index contributed by atoms with van der Waals surface area (Å²) in [6.45, 7) is -3.35. The summed E-state index contributed by atoms with van der Waals surface area (Å²) in [6, 6.07) is 3.37. The SMILES string of the molecule is CNC(=O)COc1cc(-c2cc(OC(F)F)n(C)n2)c(F)cc1Cl. The smallest absolute Gasteiger partial charge is 0.388 e. The number of rotatable bonds is 6. The van der Waals surface area contributed by atoms with Crippen LogP contribution in [0.3, 0.4) is 0 Å². The Bertz CT molecular complexity index is 752. The molecule has 1 amide bonds. The van der Waals surface area contributed by atoms with Crippen LogP contribution in [0.25, 0.3) is 11.3 Å². The number of ether oxygens (including phenoxy) is 2. The van der Waals surface area contributed by atoms with Gasteiger partial charge in [0.25, 0.3) is 5.91 Å². The lowest BCUT2D eigenvalue weighted by Gasteiger charge is -2.09. The van der Waals surface area contributed by atoms with Crippen LogP contribution in [0.5, 0.6) is 11.6 Å². The molecule has 1 aromatic carbocycles. The molecule has 1 heterocycles. The number of benzene rings is 1. The van der Waals surface area contributed by atoms with Crippen molar-refractivity contribution in [3.8, 4) is 22.9 Å². The van der Waals surface area contributed by atoms with Crippen molar-refractivity contribution in [3.05, 3.63) is 29.0 Å². The number of aryl methyl sites for hydroxylation is 1. The van der Waals surface area contributed by atoms with Crippen LogP contribution < -0.4 is 14.8 Å². The number of hydrogen-bond acceptors (Lipinski definition) is 4. The van der Waals surface area contributed by atoms with E-state index in [0.29, 0.717) is 0 Å². The zero-order valence-corrected chi connectivity index (χ0v) is 13.4. The lowest BCUT2D eigenvalue weighted by Crippen LogP contribution is -2.24. The Balaban J connectivity index is 2.34. The first-order chi connectivity index (χ1) is 11.3. The third-order valence-electron chi connectivity index (χ3n) is 2.98. The first-order valence-electron chi connectivity index (χ1n) is 6.63. The topological polar surface area (TPSA) is 65.4 Å². The first-order valence-corrected chi connectivity index (χ1v) is 7.01. The van der Waals surface area contributed by atoms with Crippen molar-refractivity contribution < 1.29 is 27.4 Å². The maximum Gasteiger partial charge on any atom is 0.388 e. The van der Waals surface area contributed by atoms with Gasteiger partial charge in [0.1, 0.15) is 11.6 Å². The molecule has 0 aliphatic heterocycles. The Labute approximate surface area is 140 Å². The summed E-state index contributed by atoms with van der Waals surface area (Å²) in [6.07, 6.45) is 0. The molecular formula is C14H13ClF3N3O3. The van der Waals surface area contributed by atoms with E-state index < -0.39 is 18.3 Å². The Kier molecular flexibility index (Phi) is 5.55. The van der Waals surface area contributed by atoms with E-state index >= 15 is 0 Å². The predicted octanol–water partition coefficient (Wildman–Crippen LogP) is 2.61. The molecule has 130 valence electrons. The van der Waals surface area contributed by atoms with Crippen LogP contribution in [-0.4, -0.2) is 36.0 Å². The third-order valence-corrected chi connectivity index (χ3v) is 3.28. The number of carbonyl (C=O) groups is 1. The van der Waals surface area contributed by atoms with Gasteiger partial charge in [0, 0.05) is 25.7 Å².